The minimum absolute atomic E-state index is 0.118. The highest BCUT2D eigenvalue weighted by atomic mass is 32.2. The number of sulfone groups is 1. The van der Waals surface area contributed by atoms with Crippen molar-refractivity contribution in [3.63, 3.8) is 0 Å². The SMILES string of the molecule is CS(=O)(=O)c1ccccc1NC(=O)CC1CCNCC1. The molecule has 1 fully saturated rings. The van der Waals surface area contributed by atoms with Crippen molar-refractivity contribution in [3.05, 3.63) is 24.3 Å². The van der Waals surface area contributed by atoms with Crippen molar-refractivity contribution in [2.75, 3.05) is 24.7 Å². The number of hydrogen-bond acceptors (Lipinski definition) is 4. The lowest BCUT2D eigenvalue weighted by Crippen LogP contribution is -2.30. The first-order valence-electron chi connectivity index (χ1n) is 6.76. The van der Waals surface area contributed by atoms with Crippen LogP contribution in [0, 0.1) is 5.92 Å². The maximum Gasteiger partial charge on any atom is 0.224 e. The molecule has 0 aromatic heterocycles. The van der Waals surface area contributed by atoms with E-state index in [0.717, 1.165) is 32.2 Å². The Hall–Kier alpha value is -1.40. The average Bonchev–Trinajstić information content (AvgIpc) is 2.39. The molecule has 0 radical (unpaired) electrons. The first kappa shape index (κ1) is 15.0. The quantitative estimate of drug-likeness (QED) is 0.881. The summed E-state index contributed by atoms with van der Waals surface area (Å²) in [5, 5.41) is 5.98. The molecule has 0 aliphatic carbocycles. The fourth-order valence-corrected chi connectivity index (χ4v) is 3.29. The third kappa shape index (κ3) is 4.05. The number of amides is 1. The third-order valence-corrected chi connectivity index (χ3v) is 4.65. The van der Waals surface area contributed by atoms with E-state index in [0.29, 0.717) is 18.0 Å². The zero-order valence-electron chi connectivity index (χ0n) is 11.6. The Balaban J connectivity index is 2.04. The fourth-order valence-electron chi connectivity index (χ4n) is 2.44. The van der Waals surface area contributed by atoms with Crippen molar-refractivity contribution in [2.24, 2.45) is 5.92 Å². The van der Waals surface area contributed by atoms with Gasteiger partial charge in [-0.05, 0) is 44.0 Å². The van der Waals surface area contributed by atoms with E-state index in [4.69, 9.17) is 0 Å². The van der Waals surface area contributed by atoms with Gasteiger partial charge in [0, 0.05) is 12.7 Å². The van der Waals surface area contributed by atoms with E-state index < -0.39 is 9.84 Å². The molecule has 0 saturated carbocycles. The zero-order valence-corrected chi connectivity index (χ0v) is 12.4. The number of carbonyl (C=O) groups excluding carboxylic acids is 1. The topological polar surface area (TPSA) is 75.3 Å². The van der Waals surface area contributed by atoms with Gasteiger partial charge >= 0.3 is 0 Å². The number of rotatable bonds is 4. The van der Waals surface area contributed by atoms with Crippen molar-refractivity contribution >= 4 is 21.4 Å². The molecule has 1 aliphatic rings. The van der Waals surface area contributed by atoms with Crippen LogP contribution < -0.4 is 10.6 Å². The highest BCUT2D eigenvalue weighted by Crippen LogP contribution is 2.22. The van der Waals surface area contributed by atoms with Gasteiger partial charge in [0.25, 0.3) is 0 Å². The summed E-state index contributed by atoms with van der Waals surface area (Å²) in [6.07, 6.45) is 3.56. The molecule has 5 nitrogen and oxygen atoms in total. The smallest absolute Gasteiger partial charge is 0.224 e. The summed E-state index contributed by atoms with van der Waals surface area (Å²) in [6.45, 7) is 1.88. The van der Waals surface area contributed by atoms with Gasteiger partial charge in [-0.25, -0.2) is 8.42 Å². The Morgan fingerprint density at radius 3 is 2.60 bits per heavy atom. The second-order valence-electron chi connectivity index (χ2n) is 5.21. The number of piperidine rings is 1. The van der Waals surface area contributed by atoms with Crippen molar-refractivity contribution in [3.8, 4) is 0 Å². The summed E-state index contributed by atoms with van der Waals surface area (Å²) in [6, 6.07) is 6.50. The molecule has 2 rings (SSSR count). The Morgan fingerprint density at radius 1 is 1.30 bits per heavy atom. The number of nitrogens with one attached hydrogen (secondary N) is 2. The van der Waals surface area contributed by atoms with Crippen LogP contribution in [0.1, 0.15) is 19.3 Å². The van der Waals surface area contributed by atoms with Crippen LogP contribution in [0.15, 0.2) is 29.2 Å². The van der Waals surface area contributed by atoms with Crippen LogP contribution in [0.25, 0.3) is 0 Å². The van der Waals surface area contributed by atoms with Crippen LogP contribution in [-0.4, -0.2) is 33.7 Å². The van der Waals surface area contributed by atoms with E-state index in [9.17, 15) is 13.2 Å². The molecular formula is C14H20N2O3S. The standard InChI is InChI=1S/C14H20N2O3S/c1-20(18,19)13-5-3-2-4-12(13)16-14(17)10-11-6-8-15-9-7-11/h2-5,11,15H,6-10H2,1H3,(H,16,17). The predicted octanol–water partition coefficient (Wildman–Crippen LogP) is 1.42. The summed E-state index contributed by atoms with van der Waals surface area (Å²) in [5.74, 6) is 0.259. The van der Waals surface area contributed by atoms with Crippen LogP contribution in [0.2, 0.25) is 0 Å². The van der Waals surface area contributed by atoms with Gasteiger partial charge in [0.15, 0.2) is 9.84 Å². The van der Waals surface area contributed by atoms with Gasteiger partial charge in [-0.3, -0.25) is 4.79 Å². The molecule has 1 aromatic rings. The summed E-state index contributed by atoms with van der Waals surface area (Å²) < 4.78 is 23.3. The molecular weight excluding hydrogens is 276 g/mol. The van der Waals surface area contributed by atoms with E-state index in [2.05, 4.69) is 10.6 Å². The second kappa shape index (κ2) is 6.37. The van der Waals surface area contributed by atoms with Gasteiger partial charge in [0.1, 0.15) is 0 Å². The third-order valence-electron chi connectivity index (χ3n) is 3.49. The predicted molar refractivity (Wildman–Crippen MR) is 78.4 cm³/mol. The maximum absolute atomic E-state index is 12.0. The van der Waals surface area contributed by atoms with Gasteiger partial charge < -0.3 is 10.6 Å². The average molecular weight is 296 g/mol. The Bertz CT molecular complexity index is 578. The highest BCUT2D eigenvalue weighted by molar-refractivity contribution is 7.90. The summed E-state index contributed by atoms with van der Waals surface area (Å²) in [5.41, 5.74) is 0.369. The molecule has 20 heavy (non-hydrogen) atoms. The molecule has 0 bridgehead atoms. The maximum atomic E-state index is 12.0. The summed E-state index contributed by atoms with van der Waals surface area (Å²) in [4.78, 5) is 12.2. The normalized spacial score (nSPS) is 16.9. The second-order valence-corrected chi connectivity index (χ2v) is 7.20. The van der Waals surface area contributed by atoms with Gasteiger partial charge in [0.05, 0.1) is 10.6 Å². The minimum Gasteiger partial charge on any atom is -0.325 e. The van der Waals surface area contributed by atoms with E-state index in [1.807, 2.05) is 0 Å². The Labute approximate surface area is 119 Å². The molecule has 1 heterocycles. The lowest BCUT2D eigenvalue weighted by Gasteiger charge is -2.22. The molecule has 1 aromatic carbocycles. The first-order chi connectivity index (χ1) is 9.47. The number of para-hydroxylation sites is 1. The highest BCUT2D eigenvalue weighted by Gasteiger charge is 2.19. The van der Waals surface area contributed by atoms with E-state index >= 15 is 0 Å². The fraction of sp³-hybridized carbons (Fsp3) is 0.500. The van der Waals surface area contributed by atoms with Crippen molar-refractivity contribution in [1.82, 2.24) is 5.32 Å². The van der Waals surface area contributed by atoms with Crippen LogP contribution in [-0.2, 0) is 14.6 Å². The van der Waals surface area contributed by atoms with Gasteiger partial charge in [-0.1, -0.05) is 12.1 Å². The molecule has 2 N–H and O–H groups in total. The first-order valence-corrected chi connectivity index (χ1v) is 8.65. The molecule has 0 atom stereocenters. The number of carbonyl (C=O) groups is 1. The van der Waals surface area contributed by atoms with Gasteiger partial charge in [-0.2, -0.15) is 0 Å². The van der Waals surface area contributed by atoms with Crippen molar-refractivity contribution in [1.29, 1.82) is 0 Å². The number of hydrogen-bond donors (Lipinski definition) is 2. The monoisotopic (exact) mass is 296 g/mol. The summed E-state index contributed by atoms with van der Waals surface area (Å²) in [7, 11) is -3.34. The molecule has 0 unspecified atom stereocenters. The van der Waals surface area contributed by atoms with E-state index in [1.165, 1.54) is 6.07 Å². The molecule has 0 spiro atoms. The number of benzene rings is 1. The Morgan fingerprint density at radius 2 is 1.95 bits per heavy atom. The lowest BCUT2D eigenvalue weighted by atomic mass is 9.94. The van der Waals surface area contributed by atoms with Crippen LogP contribution in [0.3, 0.4) is 0 Å². The van der Waals surface area contributed by atoms with Crippen LogP contribution >= 0.6 is 0 Å². The molecule has 1 amide bonds. The van der Waals surface area contributed by atoms with E-state index in [-0.39, 0.29) is 10.8 Å². The molecule has 1 saturated heterocycles. The van der Waals surface area contributed by atoms with Crippen LogP contribution in [0.5, 0.6) is 0 Å². The summed E-state index contributed by atoms with van der Waals surface area (Å²) >= 11 is 0. The lowest BCUT2D eigenvalue weighted by molar-refractivity contribution is -0.117. The minimum atomic E-state index is -3.34. The van der Waals surface area contributed by atoms with E-state index in [1.54, 1.807) is 18.2 Å². The molecule has 110 valence electrons. The van der Waals surface area contributed by atoms with Gasteiger partial charge in [0.2, 0.25) is 5.91 Å². The van der Waals surface area contributed by atoms with Crippen molar-refractivity contribution in [2.45, 2.75) is 24.2 Å². The van der Waals surface area contributed by atoms with Gasteiger partial charge in [-0.15, -0.1) is 0 Å². The molecule has 1 aliphatic heterocycles. The largest absolute Gasteiger partial charge is 0.325 e. The number of anilines is 1. The zero-order chi connectivity index (χ0) is 14.6. The Kier molecular flexibility index (Phi) is 4.77. The van der Waals surface area contributed by atoms with Crippen LogP contribution in [0.4, 0.5) is 5.69 Å². The molecule has 6 heteroatoms. The van der Waals surface area contributed by atoms with Crippen molar-refractivity contribution < 1.29 is 13.2 Å².